The number of hydrogen-bond donors (Lipinski definition) is 1. The number of aromatic nitrogens is 1. The molecule has 2 heterocycles. The summed E-state index contributed by atoms with van der Waals surface area (Å²) in [7, 11) is 0. The first-order valence-corrected chi connectivity index (χ1v) is 5.68. The van der Waals surface area contributed by atoms with Gasteiger partial charge in [0.25, 0.3) is 0 Å². The van der Waals surface area contributed by atoms with E-state index in [1.54, 1.807) is 0 Å². The van der Waals surface area contributed by atoms with E-state index in [0.717, 1.165) is 0 Å². The SMILES string of the molecule is Cc1c[nH]c2c(N3CCCC3)cccc12. The van der Waals surface area contributed by atoms with E-state index in [9.17, 15) is 0 Å². The van der Waals surface area contributed by atoms with Crippen molar-refractivity contribution in [3.8, 4) is 0 Å². The molecule has 1 saturated heterocycles. The van der Waals surface area contributed by atoms with Crippen molar-refractivity contribution < 1.29 is 0 Å². The van der Waals surface area contributed by atoms with Gasteiger partial charge in [0.15, 0.2) is 0 Å². The number of benzene rings is 1. The quantitative estimate of drug-likeness (QED) is 0.749. The Morgan fingerprint density at radius 2 is 2.00 bits per heavy atom. The molecule has 2 aromatic rings. The molecule has 15 heavy (non-hydrogen) atoms. The number of para-hydroxylation sites is 1. The van der Waals surface area contributed by atoms with Crippen LogP contribution in [-0.2, 0) is 0 Å². The number of rotatable bonds is 1. The van der Waals surface area contributed by atoms with Gasteiger partial charge >= 0.3 is 0 Å². The first-order valence-electron chi connectivity index (χ1n) is 5.68. The molecule has 78 valence electrons. The van der Waals surface area contributed by atoms with Gasteiger partial charge in [0, 0.05) is 24.7 Å². The van der Waals surface area contributed by atoms with E-state index in [-0.39, 0.29) is 0 Å². The van der Waals surface area contributed by atoms with Crippen LogP contribution in [0.15, 0.2) is 24.4 Å². The van der Waals surface area contributed by atoms with Gasteiger partial charge in [0.05, 0.1) is 11.2 Å². The maximum Gasteiger partial charge on any atom is 0.0694 e. The molecule has 3 rings (SSSR count). The lowest BCUT2D eigenvalue weighted by atomic mass is 10.1. The summed E-state index contributed by atoms with van der Waals surface area (Å²) in [5.41, 5.74) is 4.01. The number of aryl methyl sites for hydroxylation is 1. The lowest BCUT2D eigenvalue weighted by Gasteiger charge is -2.18. The van der Waals surface area contributed by atoms with Crippen LogP contribution in [0.1, 0.15) is 18.4 Å². The van der Waals surface area contributed by atoms with Gasteiger partial charge in [-0.2, -0.15) is 0 Å². The van der Waals surface area contributed by atoms with Gasteiger partial charge in [-0.3, -0.25) is 0 Å². The summed E-state index contributed by atoms with van der Waals surface area (Å²) in [4.78, 5) is 5.88. The van der Waals surface area contributed by atoms with Gasteiger partial charge in [-0.1, -0.05) is 12.1 Å². The second kappa shape index (κ2) is 3.30. The number of hydrogen-bond acceptors (Lipinski definition) is 1. The molecule has 1 aromatic carbocycles. The number of H-pyrrole nitrogens is 1. The van der Waals surface area contributed by atoms with Gasteiger partial charge in [0.2, 0.25) is 0 Å². The third kappa shape index (κ3) is 1.32. The number of nitrogens with one attached hydrogen (secondary N) is 1. The highest BCUT2D eigenvalue weighted by atomic mass is 15.1. The van der Waals surface area contributed by atoms with Crippen LogP contribution >= 0.6 is 0 Å². The van der Waals surface area contributed by atoms with Crippen LogP contribution in [0.25, 0.3) is 10.9 Å². The summed E-state index contributed by atoms with van der Waals surface area (Å²) in [5, 5.41) is 1.36. The summed E-state index contributed by atoms with van der Waals surface area (Å²) >= 11 is 0. The zero-order valence-electron chi connectivity index (χ0n) is 9.09. The van der Waals surface area contributed by atoms with Gasteiger partial charge in [0.1, 0.15) is 0 Å². The highest BCUT2D eigenvalue weighted by Gasteiger charge is 2.15. The molecular formula is C13H16N2. The van der Waals surface area contributed by atoms with Crippen LogP contribution in [0.3, 0.4) is 0 Å². The van der Waals surface area contributed by atoms with Crippen molar-refractivity contribution in [1.82, 2.24) is 4.98 Å². The molecular weight excluding hydrogens is 184 g/mol. The van der Waals surface area contributed by atoms with Crippen molar-refractivity contribution in [2.45, 2.75) is 19.8 Å². The molecule has 0 unspecified atom stereocenters. The molecule has 0 saturated carbocycles. The maximum absolute atomic E-state index is 3.39. The second-order valence-corrected chi connectivity index (χ2v) is 4.37. The van der Waals surface area contributed by atoms with Gasteiger partial charge in [-0.25, -0.2) is 0 Å². The number of nitrogens with zero attached hydrogens (tertiary/aromatic N) is 1. The Labute approximate surface area is 89.9 Å². The summed E-state index contributed by atoms with van der Waals surface area (Å²) < 4.78 is 0. The Morgan fingerprint density at radius 1 is 1.20 bits per heavy atom. The summed E-state index contributed by atoms with van der Waals surface area (Å²) in [6.07, 6.45) is 4.76. The molecule has 0 aliphatic carbocycles. The zero-order chi connectivity index (χ0) is 10.3. The normalized spacial score (nSPS) is 16.5. The Bertz CT molecular complexity index is 478. The maximum atomic E-state index is 3.39. The number of anilines is 1. The van der Waals surface area contributed by atoms with E-state index in [0.29, 0.717) is 0 Å². The standard InChI is InChI=1S/C13H16N2/c1-10-9-14-13-11(10)5-4-6-12(13)15-7-2-3-8-15/h4-6,9,14H,2-3,7-8H2,1H3. The van der Waals surface area contributed by atoms with Crippen molar-refractivity contribution in [2.24, 2.45) is 0 Å². The Balaban J connectivity index is 2.17. The van der Waals surface area contributed by atoms with Gasteiger partial charge in [-0.15, -0.1) is 0 Å². The highest BCUT2D eigenvalue weighted by Crippen LogP contribution is 2.29. The largest absolute Gasteiger partial charge is 0.370 e. The topological polar surface area (TPSA) is 19.0 Å². The fraction of sp³-hybridized carbons (Fsp3) is 0.385. The van der Waals surface area contributed by atoms with E-state index in [1.165, 1.54) is 48.1 Å². The molecule has 2 heteroatoms. The van der Waals surface area contributed by atoms with E-state index < -0.39 is 0 Å². The van der Waals surface area contributed by atoms with Gasteiger partial charge in [-0.05, 0) is 31.4 Å². The summed E-state index contributed by atoms with van der Waals surface area (Å²) in [6, 6.07) is 6.58. The number of aromatic amines is 1. The molecule has 0 spiro atoms. The van der Waals surface area contributed by atoms with Crippen LogP contribution in [0.2, 0.25) is 0 Å². The van der Waals surface area contributed by atoms with Gasteiger partial charge < -0.3 is 9.88 Å². The predicted octanol–water partition coefficient (Wildman–Crippen LogP) is 3.08. The lowest BCUT2D eigenvalue weighted by molar-refractivity contribution is 0.949. The predicted molar refractivity (Wildman–Crippen MR) is 64.5 cm³/mol. The Hall–Kier alpha value is -1.44. The van der Waals surface area contributed by atoms with Crippen LogP contribution < -0.4 is 4.90 Å². The van der Waals surface area contributed by atoms with Crippen LogP contribution in [0, 0.1) is 6.92 Å². The molecule has 1 aromatic heterocycles. The monoisotopic (exact) mass is 200 g/mol. The molecule has 0 amide bonds. The van der Waals surface area contributed by atoms with E-state index in [4.69, 9.17) is 0 Å². The minimum Gasteiger partial charge on any atom is -0.370 e. The molecule has 0 bridgehead atoms. The molecule has 1 N–H and O–H groups in total. The van der Waals surface area contributed by atoms with Crippen molar-refractivity contribution in [2.75, 3.05) is 18.0 Å². The minimum absolute atomic E-state index is 1.21. The van der Waals surface area contributed by atoms with E-state index in [1.807, 2.05) is 0 Å². The van der Waals surface area contributed by atoms with Crippen LogP contribution in [-0.4, -0.2) is 18.1 Å². The van der Waals surface area contributed by atoms with E-state index in [2.05, 4.69) is 41.2 Å². The zero-order valence-corrected chi connectivity index (χ0v) is 9.09. The first kappa shape index (κ1) is 8.84. The Morgan fingerprint density at radius 3 is 2.80 bits per heavy atom. The lowest BCUT2D eigenvalue weighted by Crippen LogP contribution is -2.17. The molecule has 1 aliphatic heterocycles. The van der Waals surface area contributed by atoms with Crippen molar-refractivity contribution in [1.29, 1.82) is 0 Å². The highest BCUT2D eigenvalue weighted by molar-refractivity contribution is 5.93. The minimum atomic E-state index is 1.21. The average molecular weight is 200 g/mol. The number of fused-ring (bicyclic) bond motifs is 1. The molecule has 1 aliphatic rings. The third-order valence-electron chi connectivity index (χ3n) is 3.35. The molecule has 2 nitrogen and oxygen atoms in total. The second-order valence-electron chi connectivity index (χ2n) is 4.37. The average Bonchev–Trinajstić information content (AvgIpc) is 2.88. The molecule has 0 atom stereocenters. The fourth-order valence-corrected chi connectivity index (χ4v) is 2.50. The Kier molecular flexibility index (Phi) is 1.94. The molecule has 1 fully saturated rings. The van der Waals surface area contributed by atoms with Crippen molar-refractivity contribution in [3.05, 3.63) is 30.0 Å². The summed E-state index contributed by atoms with van der Waals surface area (Å²) in [5.74, 6) is 0. The third-order valence-corrected chi connectivity index (χ3v) is 3.35. The van der Waals surface area contributed by atoms with Crippen LogP contribution in [0.4, 0.5) is 5.69 Å². The first-order chi connectivity index (χ1) is 7.36. The van der Waals surface area contributed by atoms with Crippen molar-refractivity contribution >= 4 is 16.6 Å². The summed E-state index contributed by atoms with van der Waals surface area (Å²) in [6.45, 7) is 4.57. The van der Waals surface area contributed by atoms with Crippen LogP contribution in [0.5, 0.6) is 0 Å². The smallest absolute Gasteiger partial charge is 0.0694 e. The molecule has 0 radical (unpaired) electrons. The van der Waals surface area contributed by atoms with Crippen molar-refractivity contribution in [3.63, 3.8) is 0 Å². The fourth-order valence-electron chi connectivity index (χ4n) is 2.50. The van der Waals surface area contributed by atoms with E-state index >= 15 is 0 Å².